The number of carbonyl (C=O) groups is 3. The second kappa shape index (κ2) is 9.48. The van der Waals surface area contributed by atoms with Crippen molar-refractivity contribution in [2.24, 2.45) is 0 Å². The quantitative estimate of drug-likeness (QED) is 0.615. The molecule has 3 amide bonds. The fourth-order valence-electron chi connectivity index (χ4n) is 3.86. The number of aromatic nitrogens is 1. The lowest BCUT2D eigenvalue weighted by atomic mass is 10.1. The summed E-state index contributed by atoms with van der Waals surface area (Å²) in [5.41, 5.74) is 2.11. The number of hydrogen-bond acceptors (Lipinski definition) is 5. The van der Waals surface area contributed by atoms with Crippen molar-refractivity contribution >= 4 is 45.0 Å². The molecule has 0 bridgehead atoms. The Hall–Kier alpha value is -3.26. The number of likely N-dealkylation sites (tertiary alicyclic amines) is 1. The molecule has 7 nitrogen and oxygen atoms in total. The monoisotopic (exact) mass is 450 g/mol. The van der Waals surface area contributed by atoms with Crippen LogP contribution in [0.25, 0.3) is 10.1 Å². The van der Waals surface area contributed by atoms with Crippen LogP contribution in [-0.2, 0) is 4.79 Å². The molecule has 0 radical (unpaired) electrons. The maximum atomic E-state index is 12.8. The van der Waals surface area contributed by atoms with Crippen LogP contribution < -0.4 is 10.6 Å². The zero-order valence-electron chi connectivity index (χ0n) is 18.2. The van der Waals surface area contributed by atoms with Crippen LogP contribution in [0.15, 0.2) is 42.5 Å². The van der Waals surface area contributed by atoms with Crippen LogP contribution in [0.3, 0.4) is 0 Å². The zero-order chi connectivity index (χ0) is 22.7. The van der Waals surface area contributed by atoms with E-state index in [2.05, 4.69) is 15.0 Å². The molecule has 1 aliphatic rings. The number of nitrogens with one attached hydrogen (secondary N) is 2. The van der Waals surface area contributed by atoms with Crippen LogP contribution in [0.2, 0.25) is 0 Å². The number of nitrogens with zero attached hydrogens (tertiary/aromatic N) is 2. The maximum absolute atomic E-state index is 12.8. The number of carbonyl (C=O) groups excluding carboxylic acids is 3. The van der Waals surface area contributed by atoms with Crippen molar-refractivity contribution in [3.05, 3.63) is 59.3 Å². The summed E-state index contributed by atoms with van der Waals surface area (Å²) in [6.45, 7) is 5.05. The topological polar surface area (TPSA) is 91.4 Å². The van der Waals surface area contributed by atoms with Crippen molar-refractivity contribution in [3.8, 4) is 0 Å². The average Bonchev–Trinajstić information content (AvgIpc) is 3.25. The van der Waals surface area contributed by atoms with E-state index in [9.17, 15) is 14.4 Å². The van der Waals surface area contributed by atoms with Crippen molar-refractivity contribution in [3.63, 3.8) is 0 Å². The van der Waals surface area contributed by atoms with E-state index in [0.29, 0.717) is 16.9 Å². The molecule has 2 aromatic carbocycles. The molecule has 32 heavy (non-hydrogen) atoms. The Bertz CT molecular complexity index is 1170. The predicted octanol–water partition coefficient (Wildman–Crippen LogP) is 3.99. The lowest BCUT2D eigenvalue weighted by Gasteiger charge is -2.29. The van der Waals surface area contributed by atoms with Gasteiger partial charge in [-0.1, -0.05) is 24.3 Å². The molecule has 4 rings (SSSR count). The van der Waals surface area contributed by atoms with Gasteiger partial charge in [0.05, 0.1) is 4.70 Å². The van der Waals surface area contributed by atoms with E-state index in [-0.39, 0.29) is 17.7 Å². The Morgan fingerprint density at radius 1 is 1.03 bits per heavy atom. The van der Waals surface area contributed by atoms with Gasteiger partial charge in [-0.15, -0.1) is 0 Å². The Morgan fingerprint density at radius 2 is 1.78 bits per heavy atom. The summed E-state index contributed by atoms with van der Waals surface area (Å²) in [5, 5.41) is 6.47. The molecule has 3 aromatic rings. The third-order valence-electron chi connectivity index (χ3n) is 5.73. The highest BCUT2D eigenvalue weighted by Crippen LogP contribution is 2.24. The summed E-state index contributed by atoms with van der Waals surface area (Å²) < 4.78 is 5.23. The van der Waals surface area contributed by atoms with E-state index in [1.54, 1.807) is 25.1 Å². The van der Waals surface area contributed by atoms with E-state index >= 15 is 0 Å². The first-order valence-corrected chi connectivity index (χ1v) is 11.6. The summed E-state index contributed by atoms with van der Waals surface area (Å²) in [5.74, 6) is -0.733. The van der Waals surface area contributed by atoms with Crippen LogP contribution in [0.5, 0.6) is 0 Å². The number of rotatable bonds is 5. The van der Waals surface area contributed by atoms with E-state index in [1.165, 1.54) is 11.5 Å². The van der Waals surface area contributed by atoms with Crippen LogP contribution in [0, 0.1) is 6.92 Å². The minimum absolute atomic E-state index is 0.0610. The Morgan fingerprint density at radius 3 is 2.56 bits per heavy atom. The minimum atomic E-state index is -0.610. The van der Waals surface area contributed by atoms with Gasteiger partial charge >= 0.3 is 0 Å². The summed E-state index contributed by atoms with van der Waals surface area (Å²) >= 11 is 1.28. The van der Waals surface area contributed by atoms with Gasteiger partial charge in [0.15, 0.2) is 0 Å². The number of hydrogen-bond donors (Lipinski definition) is 2. The standard InChI is InChI=1S/C24H26N4O3S/c1-15-10-11-17(22(29)25-16(2)24(31)28-12-6-3-7-13-28)14-19(15)26-23(30)21-18-8-4-5-9-20(18)32-27-21/h4-5,8-11,14,16H,3,6-7,12-13H2,1-2H3,(H,25,29)(H,26,30). The molecule has 2 heterocycles. The largest absolute Gasteiger partial charge is 0.341 e. The zero-order valence-corrected chi connectivity index (χ0v) is 19.0. The molecule has 1 saturated heterocycles. The van der Waals surface area contributed by atoms with Gasteiger partial charge < -0.3 is 15.5 Å². The number of amides is 3. The Balaban J connectivity index is 1.46. The third-order valence-corrected chi connectivity index (χ3v) is 6.55. The molecule has 166 valence electrons. The number of benzene rings is 2. The minimum Gasteiger partial charge on any atom is -0.341 e. The third kappa shape index (κ3) is 4.65. The molecule has 1 unspecified atom stereocenters. The van der Waals surface area contributed by atoms with Gasteiger partial charge in [-0.05, 0) is 68.4 Å². The summed E-state index contributed by atoms with van der Waals surface area (Å²) in [7, 11) is 0. The van der Waals surface area contributed by atoms with Gasteiger partial charge in [0, 0.05) is 29.7 Å². The molecule has 8 heteroatoms. The van der Waals surface area contributed by atoms with Crippen LogP contribution >= 0.6 is 11.5 Å². The van der Waals surface area contributed by atoms with Crippen molar-refractivity contribution in [2.45, 2.75) is 39.2 Å². The fraction of sp³-hybridized carbons (Fsp3) is 0.333. The summed E-state index contributed by atoms with van der Waals surface area (Å²) in [6, 6.07) is 12.1. The molecule has 1 aliphatic heterocycles. The molecule has 0 spiro atoms. The van der Waals surface area contributed by atoms with Gasteiger partial charge in [-0.3, -0.25) is 14.4 Å². The van der Waals surface area contributed by atoms with Crippen LogP contribution in [0.1, 0.15) is 52.6 Å². The van der Waals surface area contributed by atoms with E-state index in [1.807, 2.05) is 36.1 Å². The van der Waals surface area contributed by atoms with Crippen molar-refractivity contribution < 1.29 is 14.4 Å². The molecule has 0 aliphatic carbocycles. The first-order chi connectivity index (χ1) is 15.4. The molecular formula is C24H26N4O3S. The molecular weight excluding hydrogens is 424 g/mol. The first kappa shape index (κ1) is 22.0. The van der Waals surface area contributed by atoms with Crippen molar-refractivity contribution in [1.29, 1.82) is 0 Å². The van der Waals surface area contributed by atoms with Gasteiger partial charge in [0.25, 0.3) is 11.8 Å². The number of aryl methyl sites for hydroxylation is 1. The summed E-state index contributed by atoms with van der Waals surface area (Å²) in [4.78, 5) is 40.1. The number of piperidine rings is 1. The van der Waals surface area contributed by atoms with E-state index in [4.69, 9.17) is 0 Å². The molecule has 1 fully saturated rings. The summed E-state index contributed by atoms with van der Waals surface area (Å²) in [6.07, 6.45) is 3.14. The Labute approximate surface area is 191 Å². The van der Waals surface area contributed by atoms with E-state index in [0.717, 1.165) is 48.0 Å². The number of anilines is 1. The highest BCUT2D eigenvalue weighted by atomic mass is 32.1. The SMILES string of the molecule is Cc1ccc(C(=O)NC(C)C(=O)N2CCCCC2)cc1NC(=O)c1nsc2ccccc12. The highest BCUT2D eigenvalue weighted by molar-refractivity contribution is 7.13. The number of fused-ring (bicyclic) bond motifs is 1. The molecule has 1 aromatic heterocycles. The lowest BCUT2D eigenvalue weighted by molar-refractivity contribution is -0.133. The van der Waals surface area contributed by atoms with Gasteiger partial charge in [-0.2, -0.15) is 4.37 Å². The van der Waals surface area contributed by atoms with Crippen molar-refractivity contribution in [1.82, 2.24) is 14.6 Å². The van der Waals surface area contributed by atoms with E-state index < -0.39 is 6.04 Å². The predicted molar refractivity (Wildman–Crippen MR) is 126 cm³/mol. The normalized spacial score (nSPS) is 14.8. The van der Waals surface area contributed by atoms with Gasteiger partial charge in [-0.25, -0.2) is 0 Å². The first-order valence-electron chi connectivity index (χ1n) is 10.8. The molecule has 1 atom stereocenters. The second-order valence-corrected chi connectivity index (χ2v) is 8.90. The molecule has 2 N–H and O–H groups in total. The van der Waals surface area contributed by atoms with Crippen molar-refractivity contribution in [2.75, 3.05) is 18.4 Å². The lowest BCUT2D eigenvalue weighted by Crippen LogP contribution is -2.48. The average molecular weight is 451 g/mol. The van der Waals surface area contributed by atoms with Crippen LogP contribution in [0.4, 0.5) is 5.69 Å². The maximum Gasteiger partial charge on any atom is 0.276 e. The van der Waals surface area contributed by atoms with Gasteiger partial charge in [0.2, 0.25) is 5.91 Å². The van der Waals surface area contributed by atoms with Crippen LogP contribution in [-0.4, -0.2) is 46.1 Å². The Kier molecular flexibility index (Phi) is 6.50. The molecule has 0 saturated carbocycles. The second-order valence-electron chi connectivity index (χ2n) is 8.09. The smallest absolute Gasteiger partial charge is 0.276 e. The fourth-order valence-corrected chi connectivity index (χ4v) is 4.63. The van der Waals surface area contributed by atoms with Gasteiger partial charge in [0.1, 0.15) is 11.7 Å². The highest BCUT2D eigenvalue weighted by Gasteiger charge is 2.24.